The number of aryl methyl sites for hydroxylation is 1. The lowest BCUT2D eigenvalue weighted by Crippen LogP contribution is -2.38. The maximum Gasteiger partial charge on any atom is 0.327 e. The largest absolute Gasteiger partial charge is 0.327 e. The minimum Gasteiger partial charge on any atom is -0.302 e. The van der Waals surface area contributed by atoms with Crippen molar-refractivity contribution >= 4 is 15.9 Å². The zero-order valence-corrected chi connectivity index (χ0v) is 9.96. The summed E-state index contributed by atoms with van der Waals surface area (Å²) >= 11 is 3.55. The van der Waals surface area contributed by atoms with E-state index < -0.39 is 0 Å². The summed E-state index contributed by atoms with van der Waals surface area (Å²) in [6.45, 7) is 0.859. The first kappa shape index (κ1) is 10.0. The van der Waals surface area contributed by atoms with Crippen LogP contribution in [0.25, 0.3) is 0 Å². The SMILES string of the molecule is Cn1ccn(CC2(CBr)CCC2)c1=O. The summed E-state index contributed by atoms with van der Waals surface area (Å²) in [4.78, 5) is 11.6. The first-order valence-electron chi connectivity index (χ1n) is 4.95. The highest BCUT2D eigenvalue weighted by Crippen LogP contribution is 2.43. The van der Waals surface area contributed by atoms with E-state index in [9.17, 15) is 4.79 Å². The Balaban J connectivity index is 2.18. The minimum atomic E-state index is 0.0947. The second-order valence-electron chi connectivity index (χ2n) is 4.31. The van der Waals surface area contributed by atoms with Crippen molar-refractivity contribution in [3.63, 3.8) is 0 Å². The number of aromatic nitrogens is 2. The van der Waals surface area contributed by atoms with Crippen LogP contribution in [0.2, 0.25) is 0 Å². The van der Waals surface area contributed by atoms with Crippen molar-refractivity contribution < 1.29 is 0 Å². The van der Waals surface area contributed by atoms with E-state index in [-0.39, 0.29) is 5.69 Å². The second-order valence-corrected chi connectivity index (χ2v) is 4.87. The highest BCUT2D eigenvalue weighted by molar-refractivity contribution is 9.09. The summed E-state index contributed by atoms with van der Waals surface area (Å²) in [6.07, 6.45) is 7.47. The minimum absolute atomic E-state index is 0.0947. The molecule has 1 saturated carbocycles. The van der Waals surface area contributed by atoms with E-state index in [2.05, 4.69) is 15.9 Å². The van der Waals surface area contributed by atoms with E-state index in [1.165, 1.54) is 19.3 Å². The van der Waals surface area contributed by atoms with Crippen molar-refractivity contribution in [2.24, 2.45) is 12.5 Å². The summed E-state index contributed by atoms with van der Waals surface area (Å²) in [5.41, 5.74) is 0.433. The molecule has 1 aliphatic carbocycles. The van der Waals surface area contributed by atoms with E-state index in [4.69, 9.17) is 0 Å². The van der Waals surface area contributed by atoms with Gasteiger partial charge in [0.2, 0.25) is 0 Å². The Kier molecular flexibility index (Phi) is 2.56. The second kappa shape index (κ2) is 3.57. The van der Waals surface area contributed by atoms with Gasteiger partial charge in [-0.15, -0.1) is 0 Å². The van der Waals surface area contributed by atoms with Crippen LogP contribution in [0, 0.1) is 5.41 Å². The van der Waals surface area contributed by atoms with Crippen molar-refractivity contribution in [2.45, 2.75) is 25.8 Å². The zero-order valence-electron chi connectivity index (χ0n) is 8.37. The maximum absolute atomic E-state index is 11.6. The van der Waals surface area contributed by atoms with Gasteiger partial charge >= 0.3 is 5.69 Å². The Labute approximate surface area is 91.9 Å². The third-order valence-electron chi connectivity index (χ3n) is 3.22. The number of imidazole rings is 1. The normalized spacial score (nSPS) is 19.3. The van der Waals surface area contributed by atoms with Crippen LogP contribution >= 0.6 is 15.9 Å². The summed E-state index contributed by atoms with van der Waals surface area (Å²) in [7, 11) is 1.79. The van der Waals surface area contributed by atoms with Crippen molar-refractivity contribution in [1.29, 1.82) is 0 Å². The molecule has 3 nitrogen and oxygen atoms in total. The molecule has 0 amide bonds. The molecular weight excluding hydrogens is 244 g/mol. The molecule has 0 N–H and O–H groups in total. The van der Waals surface area contributed by atoms with Crippen LogP contribution in [0.3, 0.4) is 0 Å². The van der Waals surface area contributed by atoms with E-state index in [1.807, 2.05) is 17.0 Å². The van der Waals surface area contributed by atoms with Gasteiger partial charge in [0.25, 0.3) is 0 Å². The number of nitrogens with zero attached hydrogens (tertiary/aromatic N) is 2. The van der Waals surface area contributed by atoms with E-state index >= 15 is 0 Å². The first-order valence-corrected chi connectivity index (χ1v) is 6.07. The fraction of sp³-hybridized carbons (Fsp3) is 0.700. The first-order chi connectivity index (χ1) is 6.67. The Morgan fingerprint density at radius 3 is 2.57 bits per heavy atom. The molecule has 0 aliphatic heterocycles. The van der Waals surface area contributed by atoms with Crippen LogP contribution in [0.15, 0.2) is 17.2 Å². The van der Waals surface area contributed by atoms with Crippen LogP contribution < -0.4 is 5.69 Å². The molecule has 14 heavy (non-hydrogen) atoms. The monoisotopic (exact) mass is 258 g/mol. The van der Waals surface area contributed by atoms with Crippen LogP contribution in [0.4, 0.5) is 0 Å². The van der Waals surface area contributed by atoms with Crippen molar-refractivity contribution in [3.05, 3.63) is 22.9 Å². The van der Waals surface area contributed by atoms with Crippen LogP contribution in [-0.2, 0) is 13.6 Å². The molecule has 1 fully saturated rings. The highest BCUT2D eigenvalue weighted by Gasteiger charge is 2.36. The van der Waals surface area contributed by atoms with Gasteiger partial charge in [0, 0.05) is 31.3 Å². The van der Waals surface area contributed by atoms with Crippen molar-refractivity contribution in [2.75, 3.05) is 5.33 Å². The molecular formula is C10H15BrN2O. The van der Waals surface area contributed by atoms with Crippen molar-refractivity contribution in [1.82, 2.24) is 9.13 Å². The Bertz CT molecular complexity index is 370. The van der Waals surface area contributed by atoms with Gasteiger partial charge in [-0.1, -0.05) is 22.4 Å². The number of rotatable bonds is 3. The van der Waals surface area contributed by atoms with E-state index in [0.29, 0.717) is 5.41 Å². The molecule has 4 heteroatoms. The predicted octanol–water partition coefficient (Wildman–Crippen LogP) is 1.75. The maximum atomic E-state index is 11.6. The molecule has 1 aromatic rings. The molecule has 1 aliphatic rings. The molecule has 0 bridgehead atoms. The fourth-order valence-electron chi connectivity index (χ4n) is 2.00. The summed E-state index contributed by atoms with van der Waals surface area (Å²) in [5, 5.41) is 1.00. The van der Waals surface area contributed by atoms with Crippen LogP contribution in [0.1, 0.15) is 19.3 Å². The average molecular weight is 259 g/mol. The zero-order chi connectivity index (χ0) is 10.2. The fourth-order valence-corrected chi connectivity index (χ4v) is 2.74. The Hall–Kier alpha value is -0.510. The highest BCUT2D eigenvalue weighted by atomic mass is 79.9. The molecule has 0 spiro atoms. The summed E-state index contributed by atoms with van der Waals surface area (Å²) < 4.78 is 3.45. The molecule has 0 saturated heterocycles. The molecule has 1 heterocycles. The molecule has 0 atom stereocenters. The standard InChI is InChI=1S/C10H15BrN2O/c1-12-5-6-13(9(12)14)8-10(7-11)3-2-4-10/h5-6H,2-4,7-8H2,1H3. The van der Waals surface area contributed by atoms with E-state index in [0.717, 1.165) is 11.9 Å². The van der Waals surface area contributed by atoms with Crippen molar-refractivity contribution in [3.8, 4) is 0 Å². The van der Waals surface area contributed by atoms with Gasteiger partial charge in [0.05, 0.1) is 0 Å². The van der Waals surface area contributed by atoms with Crippen LogP contribution in [0.5, 0.6) is 0 Å². The van der Waals surface area contributed by atoms with Gasteiger partial charge in [-0.05, 0) is 18.3 Å². The smallest absolute Gasteiger partial charge is 0.302 e. The Morgan fingerprint density at radius 2 is 2.21 bits per heavy atom. The van der Waals surface area contributed by atoms with Gasteiger partial charge in [-0.25, -0.2) is 4.79 Å². The molecule has 2 rings (SSSR count). The molecule has 78 valence electrons. The average Bonchev–Trinajstić information content (AvgIpc) is 2.42. The number of halogens is 1. The quantitative estimate of drug-likeness (QED) is 0.760. The topological polar surface area (TPSA) is 26.9 Å². The van der Waals surface area contributed by atoms with Gasteiger partial charge in [0.1, 0.15) is 0 Å². The third kappa shape index (κ3) is 1.56. The lowest BCUT2D eigenvalue weighted by atomic mass is 9.70. The third-order valence-corrected chi connectivity index (χ3v) is 4.41. The number of alkyl halides is 1. The summed E-state index contributed by atoms with van der Waals surface area (Å²) in [6, 6.07) is 0. The van der Waals surface area contributed by atoms with E-state index in [1.54, 1.807) is 11.6 Å². The number of hydrogen-bond acceptors (Lipinski definition) is 1. The Morgan fingerprint density at radius 1 is 1.50 bits per heavy atom. The lowest BCUT2D eigenvalue weighted by Gasteiger charge is -2.40. The molecule has 0 radical (unpaired) electrons. The molecule has 0 unspecified atom stereocenters. The number of hydrogen-bond donors (Lipinski definition) is 0. The lowest BCUT2D eigenvalue weighted by molar-refractivity contribution is 0.138. The molecule has 1 aromatic heterocycles. The van der Waals surface area contributed by atoms with Gasteiger partial charge in [-0.2, -0.15) is 0 Å². The van der Waals surface area contributed by atoms with Gasteiger partial charge in [-0.3, -0.25) is 4.57 Å². The predicted molar refractivity (Wildman–Crippen MR) is 59.8 cm³/mol. The van der Waals surface area contributed by atoms with Crippen LogP contribution in [-0.4, -0.2) is 14.5 Å². The van der Waals surface area contributed by atoms with Gasteiger partial charge in [0.15, 0.2) is 0 Å². The van der Waals surface area contributed by atoms with Gasteiger partial charge < -0.3 is 4.57 Å². The summed E-state index contributed by atoms with van der Waals surface area (Å²) in [5.74, 6) is 0. The molecule has 0 aromatic carbocycles.